The molecule has 160 valence electrons. The molecule has 3 aromatic carbocycles. The van der Waals surface area contributed by atoms with Gasteiger partial charge in [-0.15, -0.1) is 0 Å². The van der Waals surface area contributed by atoms with Crippen LogP contribution >= 0.6 is 11.6 Å². The maximum atomic E-state index is 13.1. The monoisotopic (exact) mass is 462 g/mol. The number of hydrogen-bond acceptors (Lipinski definition) is 5. The van der Waals surface area contributed by atoms with E-state index in [1.165, 1.54) is 36.4 Å². The van der Waals surface area contributed by atoms with Gasteiger partial charge in [0.1, 0.15) is 10.7 Å². The molecular weight excluding hydrogens is 447 g/mol. The molecule has 1 atom stereocenters. The van der Waals surface area contributed by atoms with E-state index in [0.717, 1.165) is 6.07 Å². The van der Waals surface area contributed by atoms with E-state index < -0.39 is 38.7 Å². The van der Waals surface area contributed by atoms with Crippen molar-refractivity contribution in [3.05, 3.63) is 94.8 Å². The molecule has 0 bridgehead atoms. The topological polar surface area (TPSA) is 116 Å². The smallest absolute Gasteiger partial charge is 0.339 e. The number of carbonyl (C=O) groups is 2. The first-order valence-corrected chi connectivity index (χ1v) is 10.7. The van der Waals surface area contributed by atoms with Crippen LogP contribution in [0.15, 0.2) is 77.7 Å². The molecule has 0 radical (unpaired) electrons. The molecule has 10 heteroatoms. The van der Waals surface area contributed by atoms with Crippen LogP contribution in [0.1, 0.15) is 22.0 Å². The van der Waals surface area contributed by atoms with Crippen LogP contribution in [-0.2, 0) is 19.6 Å². The van der Waals surface area contributed by atoms with Crippen LogP contribution < -0.4 is 10.5 Å². The van der Waals surface area contributed by atoms with Gasteiger partial charge in [0.2, 0.25) is 16.1 Å². The number of esters is 1. The van der Waals surface area contributed by atoms with Gasteiger partial charge in [-0.2, -0.15) is 0 Å². The molecule has 31 heavy (non-hydrogen) atoms. The van der Waals surface area contributed by atoms with Crippen LogP contribution in [0.3, 0.4) is 0 Å². The van der Waals surface area contributed by atoms with Crippen LogP contribution in [0.2, 0.25) is 5.02 Å². The van der Waals surface area contributed by atoms with Crippen molar-refractivity contribution in [1.82, 2.24) is 0 Å². The van der Waals surface area contributed by atoms with Crippen molar-refractivity contribution in [3.8, 4) is 0 Å². The van der Waals surface area contributed by atoms with Crippen LogP contribution in [0.5, 0.6) is 0 Å². The summed E-state index contributed by atoms with van der Waals surface area (Å²) in [6.07, 6.45) is -1.37. The fraction of sp³-hybridized carbons (Fsp3) is 0.0476. The normalized spacial score (nSPS) is 12.1. The van der Waals surface area contributed by atoms with Gasteiger partial charge in [-0.05, 0) is 42.5 Å². The number of benzene rings is 3. The van der Waals surface area contributed by atoms with Gasteiger partial charge in [-0.3, -0.25) is 4.79 Å². The van der Waals surface area contributed by atoms with Gasteiger partial charge in [0.05, 0.1) is 10.6 Å². The molecule has 0 heterocycles. The Hall–Kier alpha value is -3.27. The highest BCUT2D eigenvalue weighted by atomic mass is 35.5. The number of halogens is 2. The van der Waals surface area contributed by atoms with Crippen LogP contribution in [0.25, 0.3) is 0 Å². The summed E-state index contributed by atoms with van der Waals surface area (Å²) in [6.45, 7) is 0. The van der Waals surface area contributed by atoms with Crippen molar-refractivity contribution < 1.29 is 27.1 Å². The minimum Gasteiger partial charge on any atom is -0.444 e. The fourth-order valence-corrected chi connectivity index (χ4v) is 3.74. The Morgan fingerprint density at radius 1 is 1.00 bits per heavy atom. The number of amides is 1. The molecule has 0 saturated carbocycles. The molecule has 0 aromatic heterocycles. The standard InChI is InChI=1S/C21H16ClFN2O5S/c22-17-11-6-14(12-18(17)31(24,28)29)21(27)30-19(13-4-2-1-3-5-13)20(26)25-16-9-7-15(23)8-10-16/h1-12,19H,(H,25,26)(H2,24,28,29)/t19-/m0/s1. The van der Waals surface area contributed by atoms with Crippen LogP contribution in [0.4, 0.5) is 10.1 Å². The van der Waals surface area contributed by atoms with Crippen molar-refractivity contribution in [3.63, 3.8) is 0 Å². The van der Waals surface area contributed by atoms with E-state index in [1.807, 2.05) is 0 Å². The molecule has 0 aliphatic carbocycles. The third-order valence-corrected chi connectivity index (χ3v) is 5.54. The highest BCUT2D eigenvalue weighted by Gasteiger charge is 2.27. The number of nitrogens with two attached hydrogens (primary N) is 1. The van der Waals surface area contributed by atoms with Crippen LogP contribution in [-0.4, -0.2) is 20.3 Å². The Morgan fingerprint density at radius 3 is 2.26 bits per heavy atom. The summed E-state index contributed by atoms with van der Waals surface area (Å²) >= 11 is 5.84. The third-order valence-electron chi connectivity index (χ3n) is 4.15. The highest BCUT2D eigenvalue weighted by molar-refractivity contribution is 7.89. The zero-order valence-corrected chi connectivity index (χ0v) is 17.4. The number of sulfonamides is 1. The average Bonchev–Trinajstić information content (AvgIpc) is 2.73. The van der Waals surface area contributed by atoms with E-state index in [4.69, 9.17) is 21.5 Å². The second kappa shape index (κ2) is 9.25. The Morgan fingerprint density at radius 2 is 1.65 bits per heavy atom. The number of primary sulfonamides is 1. The number of rotatable bonds is 6. The number of hydrogen-bond donors (Lipinski definition) is 2. The zero-order chi connectivity index (χ0) is 22.6. The summed E-state index contributed by atoms with van der Waals surface area (Å²) < 4.78 is 41.8. The summed E-state index contributed by atoms with van der Waals surface area (Å²) in [4.78, 5) is 25.1. The molecule has 0 unspecified atom stereocenters. The quantitative estimate of drug-likeness (QED) is 0.542. The van der Waals surface area contributed by atoms with Gasteiger partial charge in [0.25, 0.3) is 5.91 Å². The van der Waals surface area contributed by atoms with Crippen LogP contribution in [0, 0.1) is 5.82 Å². The largest absolute Gasteiger partial charge is 0.444 e. The predicted octanol–water partition coefficient (Wildman–Crippen LogP) is 3.66. The lowest BCUT2D eigenvalue weighted by Gasteiger charge is -2.18. The second-order valence-corrected chi connectivity index (χ2v) is 8.32. The SMILES string of the molecule is NS(=O)(=O)c1cc(C(=O)O[C@H](C(=O)Nc2ccc(F)cc2)c2ccccc2)ccc1Cl. The Labute approximate surface area is 182 Å². The van der Waals surface area contributed by atoms with Gasteiger partial charge in [-0.1, -0.05) is 41.9 Å². The number of ether oxygens (including phenoxy) is 1. The summed E-state index contributed by atoms with van der Waals surface area (Å²) in [6, 6.07) is 16.7. The van der Waals surface area contributed by atoms with E-state index in [1.54, 1.807) is 30.3 Å². The summed E-state index contributed by atoms with van der Waals surface area (Å²) in [5.41, 5.74) is 0.506. The van der Waals surface area contributed by atoms with Gasteiger partial charge in [0, 0.05) is 11.3 Å². The maximum Gasteiger partial charge on any atom is 0.339 e. The molecule has 3 rings (SSSR count). The zero-order valence-electron chi connectivity index (χ0n) is 15.8. The molecule has 0 aliphatic rings. The van der Waals surface area contributed by atoms with Crippen molar-refractivity contribution in [2.75, 3.05) is 5.32 Å². The lowest BCUT2D eigenvalue weighted by Crippen LogP contribution is -2.26. The first-order chi connectivity index (χ1) is 14.6. The highest BCUT2D eigenvalue weighted by Crippen LogP contribution is 2.25. The van der Waals surface area contributed by atoms with E-state index in [9.17, 15) is 22.4 Å². The van der Waals surface area contributed by atoms with Gasteiger partial charge < -0.3 is 10.1 Å². The minimum absolute atomic E-state index is 0.160. The maximum absolute atomic E-state index is 13.1. The Kier molecular flexibility index (Phi) is 6.69. The molecule has 0 spiro atoms. The van der Waals surface area contributed by atoms with E-state index in [2.05, 4.69) is 5.32 Å². The summed E-state index contributed by atoms with van der Waals surface area (Å²) in [7, 11) is -4.18. The number of nitrogens with one attached hydrogen (secondary N) is 1. The second-order valence-electron chi connectivity index (χ2n) is 6.38. The predicted molar refractivity (Wildman–Crippen MR) is 112 cm³/mol. The van der Waals surface area contributed by atoms with Crippen molar-refractivity contribution in [2.24, 2.45) is 5.14 Å². The van der Waals surface area contributed by atoms with Crippen molar-refractivity contribution in [2.45, 2.75) is 11.0 Å². The Balaban J connectivity index is 1.89. The third kappa shape index (κ3) is 5.66. The first kappa shape index (κ1) is 22.4. The van der Waals surface area contributed by atoms with E-state index >= 15 is 0 Å². The molecule has 3 aromatic rings. The van der Waals surface area contributed by atoms with Gasteiger partial charge in [-0.25, -0.2) is 22.7 Å². The van der Waals surface area contributed by atoms with Crippen molar-refractivity contribution in [1.29, 1.82) is 0 Å². The molecule has 0 aliphatic heterocycles. The number of anilines is 1. The lowest BCUT2D eigenvalue weighted by molar-refractivity contribution is -0.125. The lowest BCUT2D eigenvalue weighted by atomic mass is 10.1. The molecule has 3 N–H and O–H groups in total. The molecule has 0 fully saturated rings. The van der Waals surface area contributed by atoms with E-state index in [-0.39, 0.29) is 10.6 Å². The molecule has 0 saturated heterocycles. The van der Waals surface area contributed by atoms with Gasteiger partial charge >= 0.3 is 5.97 Å². The number of carbonyl (C=O) groups excluding carboxylic acids is 2. The van der Waals surface area contributed by atoms with Gasteiger partial charge in [0.15, 0.2) is 0 Å². The van der Waals surface area contributed by atoms with E-state index in [0.29, 0.717) is 11.3 Å². The Bertz CT molecular complexity index is 1220. The average molecular weight is 463 g/mol. The molecule has 1 amide bonds. The fourth-order valence-electron chi connectivity index (χ4n) is 2.67. The first-order valence-electron chi connectivity index (χ1n) is 8.80. The minimum atomic E-state index is -4.18. The molecule has 7 nitrogen and oxygen atoms in total. The van der Waals surface area contributed by atoms with Crippen molar-refractivity contribution >= 4 is 39.2 Å². The summed E-state index contributed by atoms with van der Waals surface area (Å²) in [5.74, 6) is -2.13. The summed E-state index contributed by atoms with van der Waals surface area (Å²) in [5, 5.41) is 7.50. The molecular formula is C21H16ClFN2O5S.